The van der Waals surface area contributed by atoms with Crippen LogP contribution in [0.5, 0.6) is 5.75 Å². The van der Waals surface area contributed by atoms with Gasteiger partial charge in [-0.2, -0.15) is 18.3 Å². The molecule has 10 heteroatoms. The van der Waals surface area contributed by atoms with Gasteiger partial charge in [0.25, 0.3) is 0 Å². The molecule has 1 heterocycles. The van der Waals surface area contributed by atoms with E-state index in [0.29, 0.717) is 17.9 Å². The van der Waals surface area contributed by atoms with Crippen LogP contribution in [0.3, 0.4) is 0 Å². The first-order valence-electron chi connectivity index (χ1n) is 8.55. The highest BCUT2D eigenvalue weighted by Crippen LogP contribution is 2.34. The maximum atomic E-state index is 13.3. The highest BCUT2D eigenvalue weighted by molar-refractivity contribution is 7.82. The van der Waals surface area contributed by atoms with Gasteiger partial charge < -0.3 is 9.84 Å². The fourth-order valence-corrected chi connectivity index (χ4v) is 3.41. The molecule has 3 aromatic rings. The molecule has 29 heavy (non-hydrogen) atoms. The largest absolute Gasteiger partial charge is 0.494 e. The van der Waals surface area contributed by atoms with Crippen molar-refractivity contribution in [2.75, 3.05) is 6.61 Å². The number of alkyl halides is 3. The Labute approximate surface area is 167 Å². The summed E-state index contributed by atoms with van der Waals surface area (Å²) in [5.74, 6) is 0.593. The van der Waals surface area contributed by atoms with Gasteiger partial charge in [0.1, 0.15) is 16.7 Å². The number of aliphatic hydroxyl groups excluding tert-OH is 1. The smallest absolute Gasteiger partial charge is 0.435 e. The Balaban J connectivity index is 2.15. The van der Waals surface area contributed by atoms with Gasteiger partial charge in [-0.05, 0) is 61.0 Å². The molecule has 0 saturated carbocycles. The van der Waals surface area contributed by atoms with E-state index in [-0.39, 0.29) is 21.8 Å². The number of aliphatic hydroxyl groups is 1. The van der Waals surface area contributed by atoms with Crippen LogP contribution in [0.15, 0.2) is 53.4 Å². The molecule has 1 atom stereocenters. The molecule has 0 radical (unpaired) electrons. The van der Waals surface area contributed by atoms with Gasteiger partial charge in [-0.1, -0.05) is 0 Å². The van der Waals surface area contributed by atoms with Crippen LogP contribution in [-0.2, 0) is 23.8 Å². The van der Waals surface area contributed by atoms with E-state index in [1.54, 1.807) is 24.3 Å². The van der Waals surface area contributed by atoms with E-state index >= 15 is 0 Å². The van der Waals surface area contributed by atoms with Crippen molar-refractivity contribution in [2.45, 2.75) is 24.6 Å². The summed E-state index contributed by atoms with van der Waals surface area (Å²) in [5.41, 5.74) is 0.144. The van der Waals surface area contributed by atoms with Gasteiger partial charge in [0.2, 0.25) is 0 Å². The fraction of sp³-hybridized carbons (Fsp3) is 0.211. The quantitative estimate of drug-likeness (QED) is 0.633. The summed E-state index contributed by atoms with van der Waals surface area (Å²) in [6.07, 6.45) is -4.64. The van der Waals surface area contributed by atoms with E-state index in [4.69, 9.17) is 9.88 Å². The van der Waals surface area contributed by atoms with Crippen molar-refractivity contribution in [2.24, 2.45) is 5.14 Å². The van der Waals surface area contributed by atoms with Crippen LogP contribution in [0.1, 0.15) is 18.2 Å². The monoisotopic (exact) mass is 425 g/mol. The second-order valence-electron chi connectivity index (χ2n) is 6.03. The molecular formula is C19H18F3N3O3S. The van der Waals surface area contributed by atoms with Crippen molar-refractivity contribution in [1.29, 1.82) is 0 Å². The third kappa shape index (κ3) is 4.50. The van der Waals surface area contributed by atoms with E-state index < -0.39 is 29.5 Å². The molecule has 3 N–H and O–H groups in total. The fourth-order valence-electron chi connectivity index (χ4n) is 2.83. The van der Waals surface area contributed by atoms with E-state index in [2.05, 4.69) is 5.10 Å². The normalized spacial score (nSPS) is 12.8. The zero-order valence-electron chi connectivity index (χ0n) is 15.3. The van der Waals surface area contributed by atoms with Crippen molar-refractivity contribution in [3.63, 3.8) is 0 Å². The number of hydrogen-bond acceptors (Lipinski definition) is 4. The maximum absolute atomic E-state index is 13.3. The summed E-state index contributed by atoms with van der Waals surface area (Å²) in [7, 11) is -1.84. The second kappa shape index (κ2) is 8.36. The minimum Gasteiger partial charge on any atom is -0.494 e. The molecule has 0 amide bonds. The number of aromatic nitrogens is 2. The zero-order valence-corrected chi connectivity index (χ0v) is 16.1. The number of halogens is 3. The van der Waals surface area contributed by atoms with Gasteiger partial charge in [0.05, 0.1) is 29.5 Å². The van der Waals surface area contributed by atoms with Crippen molar-refractivity contribution in [3.05, 3.63) is 59.8 Å². The molecule has 0 aliphatic rings. The van der Waals surface area contributed by atoms with Gasteiger partial charge in [-0.3, -0.25) is 0 Å². The lowest BCUT2D eigenvalue weighted by molar-refractivity contribution is -0.141. The molecule has 1 aromatic heterocycles. The number of nitrogens with two attached hydrogens (primary N) is 1. The number of benzene rings is 2. The first kappa shape index (κ1) is 21.0. The molecule has 0 saturated heterocycles. The molecular weight excluding hydrogens is 407 g/mol. The molecule has 6 nitrogen and oxygen atoms in total. The Hall–Kier alpha value is -2.69. The number of rotatable bonds is 6. The van der Waals surface area contributed by atoms with E-state index in [0.717, 1.165) is 10.7 Å². The van der Waals surface area contributed by atoms with Crippen molar-refractivity contribution >= 4 is 11.0 Å². The van der Waals surface area contributed by atoms with Crippen molar-refractivity contribution in [3.8, 4) is 22.7 Å². The maximum Gasteiger partial charge on any atom is 0.435 e. The highest BCUT2D eigenvalue weighted by Gasteiger charge is 2.35. The zero-order chi connectivity index (χ0) is 21.2. The van der Waals surface area contributed by atoms with Crippen molar-refractivity contribution < 1.29 is 27.2 Å². The van der Waals surface area contributed by atoms with Gasteiger partial charge in [-0.25, -0.2) is 14.0 Å². The standard InChI is InChI=1S/C19H18F3N3O3S/c1-2-28-15-6-3-12(4-7-15)16-10-18(19(20,21)22)24-25(16)14-5-8-17(29(23)27)13(9-14)11-26/h3-10,26H,2,11,23H2,1H3. The first-order valence-corrected chi connectivity index (χ1v) is 9.76. The van der Waals surface area contributed by atoms with Crippen LogP contribution in [0, 0.1) is 0 Å². The van der Waals surface area contributed by atoms with Gasteiger partial charge in [0, 0.05) is 5.56 Å². The molecule has 1 unspecified atom stereocenters. The molecule has 0 aliphatic carbocycles. The third-order valence-electron chi connectivity index (χ3n) is 4.14. The number of ether oxygens (including phenoxy) is 1. The van der Waals surface area contributed by atoms with Crippen LogP contribution in [0.2, 0.25) is 0 Å². The molecule has 0 bridgehead atoms. The third-order valence-corrected chi connectivity index (χ3v) is 4.97. The van der Waals surface area contributed by atoms with Crippen molar-refractivity contribution in [1.82, 2.24) is 9.78 Å². The summed E-state index contributed by atoms with van der Waals surface area (Å²) in [6.45, 7) is 1.82. The summed E-state index contributed by atoms with van der Waals surface area (Å²) >= 11 is 0. The van der Waals surface area contributed by atoms with Crippen LogP contribution < -0.4 is 9.88 Å². The van der Waals surface area contributed by atoms with Crippen LogP contribution >= 0.6 is 0 Å². The molecule has 0 spiro atoms. The summed E-state index contributed by atoms with van der Waals surface area (Å²) < 4.78 is 58.0. The Morgan fingerprint density at radius 2 is 1.86 bits per heavy atom. The number of nitrogens with zero attached hydrogens (tertiary/aromatic N) is 2. The Morgan fingerprint density at radius 3 is 2.41 bits per heavy atom. The van der Waals surface area contributed by atoms with E-state index in [9.17, 15) is 22.5 Å². The molecule has 154 valence electrons. The average Bonchev–Trinajstić information content (AvgIpc) is 3.14. The van der Waals surface area contributed by atoms with Crippen LogP contribution in [0.4, 0.5) is 13.2 Å². The molecule has 2 aromatic carbocycles. The van der Waals surface area contributed by atoms with E-state index in [1.165, 1.54) is 18.2 Å². The number of hydrogen-bond donors (Lipinski definition) is 2. The molecule has 0 aliphatic heterocycles. The van der Waals surface area contributed by atoms with Gasteiger partial charge >= 0.3 is 6.18 Å². The summed E-state index contributed by atoms with van der Waals surface area (Å²) in [6, 6.07) is 11.8. The topological polar surface area (TPSA) is 90.4 Å². The Kier molecular flexibility index (Phi) is 6.06. The predicted molar refractivity (Wildman–Crippen MR) is 102 cm³/mol. The second-order valence-corrected chi connectivity index (χ2v) is 7.06. The van der Waals surface area contributed by atoms with Gasteiger partial charge in [-0.15, -0.1) is 0 Å². The van der Waals surface area contributed by atoms with Crippen LogP contribution in [-0.4, -0.2) is 25.7 Å². The minimum absolute atomic E-state index is 0.196. The highest BCUT2D eigenvalue weighted by atomic mass is 32.2. The lowest BCUT2D eigenvalue weighted by Gasteiger charge is -2.11. The Morgan fingerprint density at radius 1 is 1.17 bits per heavy atom. The Bertz CT molecular complexity index is 1030. The first-order chi connectivity index (χ1) is 13.7. The minimum atomic E-state index is -4.64. The average molecular weight is 425 g/mol. The van der Waals surface area contributed by atoms with Crippen LogP contribution in [0.25, 0.3) is 16.9 Å². The summed E-state index contributed by atoms with van der Waals surface area (Å²) in [4.78, 5) is 0.196. The lowest BCUT2D eigenvalue weighted by Crippen LogP contribution is -2.09. The SMILES string of the molecule is CCOc1ccc(-c2cc(C(F)(F)F)nn2-c2ccc(S(N)=O)c(CO)c2)cc1. The van der Waals surface area contributed by atoms with E-state index in [1.807, 2.05) is 6.92 Å². The molecule has 3 rings (SSSR count). The summed E-state index contributed by atoms with van der Waals surface area (Å²) in [5, 5.41) is 18.6. The molecule has 0 fully saturated rings. The van der Waals surface area contributed by atoms with Gasteiger partial charge in [0.15, 0.2) is 5.69 Å². The lowest BCUT2D eigenvalue weighted by atomic mass is 10.1. The predicted octanol–water partition coefficient (Wildman–Crippen LogP) is 3.43.